The molecule has 6 aromatic rings. The van der Waals surface area contributed by atoms with Gasteiger partial charge >= 0.3 is 17.1 Å². The Balaban J connectivity index is 0.000000180. The number of para-hydroxylation sites is 3. The number of amides is 6. The number of carbonyl (C=O) groups excluding carboxylic acids is 7. The maximum absolute atomic E-state index is 12.5. The smallest absolute Gasteiger partial charge is 0.329 e. The zero-order valence-electron chi connectivity index (χ0n) is 35.1. The van der Waals surface area contributed by atoms with Crippen molar-refractivity contribution in [3.63, 3.8) is 0 Å². The number of nitrogens with zero attached hydrogens (tertiary/aromatic N) is 6. The summed E-state index contributed by atoms with van der Waals surface area (Å²) in [6, 6.07) is 13.5. The van der Waals surface area contributed by atoms with Crippen LogP contribution >= 0.6 is 11.6 Å². The van der Waals surface area contributed by atoms with Crippen LogP contribution < -0.4 is 33.0 Å². The van der Waals surface area contributed by atoms with E-state index in [1.54, 1.807) is 63.6 Å². The number of aldehydes is 1. The Kier molecular flexibility index (Phi) is 15.9. The normalized spacial score (nSPS) is 18.4. The molecule has 65 heavy (non-hydrogen) atoms. The summed E-state index contributed by atoms with van der Waals surface area (Å²) in [5.41, 5.74) is 4.43. The van der Waals surface area contributed by atoms with Crippen LogP contribution in [-0.4, -0.2) is 74.2 Å². The van der Waals surface area contributed by atoms with Gasteiger partial charge in [0.15, 0.2) is 6.29 Å². The number of benzene rings is 3. The van der Waals surface area contributed by atoms with Crippen LogP contribution in [0.15, 0.2) is 69.0 Å². The van der Waals surface area contributed by atoms with Gasteiger partial charge in [0.05, 0.1) is 39.7 Å². The molecule has 6 amide bonds. The number of hydrogen-bond donors (Lipinski definition) is 4. The molecule has 4 N–H and O–H groups in total. The van der Waals surface area contributed by atoms with Gasteiger partial charge in [0.25, 0.3) is 0 Å². The first-order valence-electron chi connectivity index (χ1n) is 19.8. The molecule has 0 radical (unpaired) electrons. The van der Waals surface area contributed by atoms with Gasteiger partial charge in [-0.3, -0.25) is 76.9 Å². The number of imidazole rings is 3. The summed E-state index contributed by atoms with van der Waals surface area (Å²) < 4.78 is 8.47. The Morgan fingerprint density at radius 2 is 0.892 bits per heavy atom. The maximum Gasteiger partial charge on any atom is 0.329 e. The first kappa shape index (κ1) is 50.2. The molecule has 3 aliphatic heterocycles. The number of fused-ring (bicyclic) bond motifs is 3. The SMILES string of the molecule is Cn1c(=O)n(C2CCC(=O)NC2=O)c2cccc(C=O)c21.Cn1c(=O)n(C2CCC(=O)NC2=O)c2cccc(CCl)c21.Cn1c(=O)n(C2CCC(=O)NC2=O)c2cccc(CO)c21.[W].[W]. The van der Waals surface area contributed by atoms with E-state index in [1.165, 1.54) is 27.4 Å². The molecular weight excluding hydrogens is 1210 g/mol. The topological polar surface area (TPSA) is 257 Å². The van der Waals surface area contributed by atoms with Gasteiger partial charge in [-0.05, 0) is 49.1 Å². The molecule has 3 fully saturated rings. The van der Waals surface area contributed by atoms with E-state index in [2.05, 4.69) is 16.0 Å². The number of aliphatic hydroxyl groups excluding tert-OH is 1. The third kappa shape index (κ3) is 9.22. The number of nitrogens with one attached hydrogen (secondary N) is 3. The number of rotatable bonds is 6. The number of carbonyl (C=O) groups is 7. The molecule has 0 aliphatic carbocycles. The number of aromatic nitrogens is 6. The summed E-state index contributed by atoms with van der Waals surface area (Å²) in [5, 5.41) is 16.2. The predicted octanol–water partition coefficient (Wildman–Crippen LogP) is 0.992. The van der Waals surface area contributed by atoms with Crippen molar-refractivity contribution in [2.45, 2.75) is 69.1 Å². The molecule has 3 unspecified atom stereocenters. The van der Waals surface area contributed by atoms with E-state index in [9.17, 15) is 53.1 Å². The van der Waals surface area contributed by atoms with Gasteiger partial charge in [-0.2, -0.15) is 0 Å². The summed E-state index contributed by atoms with van der Waals surface area (Å²) in [5.74, 6) is -2.06. The average molecular weight is 1250 g/mol. The Morgan fingerprint density at radius 1 is 0.554 bits per heavy atom. The monoisotopic (exact) mass is 1250 g/mol. The van der Waals surface area contributed by atoms with E-state index in [0.29, 0.717) is 57.8 Å². The second-order valence-corrected chi connectivity index (χ2v) is 15.5. The van der Waals surface area contributed by atoms with E-state index in [4.69, 9.17) is 11.6 Å². The number of hydrogen-bond acceptors (Lipinski definition) is 11. The standard InChI is InChI=1S/C14H14ClN3O3.C14H15N3O4.C14H13N3O4.2W/c1-17-12-8(7-15)3-2-4-9(12)18(14(17)21)10-5-6-11(19)16-13(10)20;2*1-16-12-8(7-18)3-2-4-9(12)17(14(16)21)10-5-6-11(19)15-13(10)20;;/h2-4,10H,5-7H2,1H3,(H,16,19,20);2-4,10,18H,5-7H2,1H3,(H,15,19,20);2-4,7,10H,5-6H2,1H3,(H,15,19,20);;. The van der Waals surface area contributed by atoms with Crippen LogP contribution in [0.4, 0.5) is 0 Å². The van der Waals surface area contributed by atoms with E-state index < -0.39 is 35.8 Å². The Morgan fingerprint density at radius 3 is 1.25 bits per heavy atom. The quantitative estimate of drug-likeness (QED) is 0.104. The Hall–Kier alpha value is -5.81. The molecule has 20 nitrogen and oxygen atoms in total. The Bertz CT molecular complexity index is 2970. The number of imide groups is 3. The second-order valence-electron chi connectivity index (χ2n) is 15.2. The van der Waals surface area contributed by atoms with Crippen LogP contribution in [0, 0.1) is 0 Å². The zero-order valence-corrected chi connectivity index (χ0v) is 41.7. The van der Waals surface area contributed by atoms with Gasteiger partial charge in [-0.25, -0.2) is 14.4 Å². The van der Waals surface area contributed by atoms with Gasteiger partial charge in [0.2, 0.25) is 35.4 Å². The molecule has 0 saturated carbocycles. The average Bonchev–Trinajstić information content (AvgIpc) is 3.79. The largest absolute Gasteiger partial charge is 0.392 e. The third-order valence-electron chi connectivity index (χ3n) is 11.5. The van der Waals surface area contributed by atoms with E-state index >= 15 is 0 Å². The molecule has 3 aliphatic rings. The summed E-state index contributed by atoms with van der Waals surface area (Å²) in [6.07, 6.45) is 2.20. The minimum Gasteiger partial charge on any atom is -0.392 e. The first-order valence-corrected chi connectivity index (χ1v) is 20.4. The second kappa shape index (κ2) is 20.6. The molecule has 9 rings (SSSR count). The van der Waals surface area contributed by atoms with E-state index in [0.717, 1.165) is 11.1 Å². The summed E-state index contributed by atoms with van der Waals surface area (Å²) in [4.78, 5) is 118. The molecule has 340 valence electrons. The van der Waals surface area contributed by atoms with Gasteiger partial charge in [0, 0.05) is 99.5 Å². The fourth-order valence-corrected chi connectivity index (χ4v) is 8.74. The van der Waals surface area contributed by atoms with Crippen molar-refractivity contribution in [2.24, 2.45) is 21.1 Å². The number of piperidine rings is 3. The molecule has 0 spiro atoms. The van der Waals surface area contributed by atoms with Crippen LogP contribution in [0.2, 0.25) is 0 Å². The van der Waals surface area contributed by atoms with Crippen molar-refractivity contribution in [1.82, 2.24) is 43.4 Å². The minimum atomic E-state index is -0.735. The van der Waals surface area contributed by atoms with E-state index in [1.807, 2.05) is 12.1 Å². The van der Waals surface area contributed by atoms with Crippen LogP contribution in [0.5, 0.6) is 0 Å². The molecule has 3 aromatic heterocycles. The maximum atomic E-state index is 12.5. The number of alkyl halides is 1. The van der Waals surface area contributed by atoms with Gasteiger partial charge in [-0.1, -0.05) is 30.3 Å². The molecule has 3 aromatic carbocycles. The fourth-order valence-electron chi connectivity index (χ4n) is 8.53. The number of halogens is 1. The number of aliphatic hydroxyl groups is 1. The first-order chi connectivity index (χ1) is 30.1. The third-order valence-corrected chi connectivity index (χ3v) is 11.8. The van der Waals surface area contributed by atoms with Crippen molar-refractivity contribution in [1.29, 1.82) is 0 Å². The van der Waals surface area contributed by atoms with Crippen molar-refractivity contribution in [3.05, 3.63) is 103 Å². The van der Waals surface area contributed by atoms with Gasteiger partial charge < -0.3 is 5.11 Å². The van der Waals surface area contributed by atoms with Crippen molar-refractivity contribution in [2.75, 3.05) is 0 Å². The molecule has 23 heteroatoms. The number of aryl methyl sites for hydroxylation is 3. The molecule has 6 heterocycles. The van der Waals surface area contributed by atoms with Crippen LogP contribution in [0.3, 0.4) is 0 Å². The van der Waals surface area contributed by atoms with Crippen LogP contribution in [-0.2, 0) is 105 Å². The van der Waals surface area contributed by atoms with E-state index in [-0.39, 0.29) is 115 Å². The molecular formula is C42H42ClN9O11W2. The van der Waals surface area contributed by atoms with Gasteiger partial charge in [0.1, 0.15) is 18.1 Å². The van der Waals surface area contributed by atoms with Crippen LogP contribution in [0.1, 0.15) is 78.1 Å². The van der Waals surface area contributed by atoms with Crippen molar-refractivity contribution >= 4 is 86.4 Å². The molecule has 3 saturated heterocycles. The van der Waals surface area contributed by atoms with Crippen LogP contribution in [0.25, 0.3) is 33.1 Å². The van der Waals surface area contributed by atoms with Crippen molar-refractivity contribution < 1.29 is 80.8 Å². The summed E-state index contributed by atoms with van der Waals surface area (Å²) in [7, 11) is 4.81. The Labute approximate surface area is 401 Å². The predicted molar refractivity (Wildman–Crippen MR) is 227 cm³/mol. The van der Waals surface area contributed by atoms with Gasteiger partial charge in [-0.15, -0.1) is 11.6 Å². The fraction of sp³-hybridized carbons (Fsp3) is 0.333. The van der Waals surface area contributed by atoms with Crippen molar-refractivity contribution in [3.8, 4) is 0 Å². The zero-order chi connectivity index (χ0) is 45.4. The molecule has 0 bridgehead atoms. The summed E-state index contributed by atoms with van der Waals surface area (Å²) in [6.45, 7) is -0.190. The summed E-state index contributed by atoms with van der Waals surface area (Å²) >= 11 is 5.92. The minimum absolute atomic E-state index is 0. The molecule has 3 atom stereocenters.